The number of pyridine rings is 2. The molecular weight excluding hydrogens is 390 g/mol. The first-order chi connectivity index (χ1) is 13.5. The molecule has 0 saturated heterocycles. The Hall–Kier alpha value is -2.08. The van der Waals surface area contributed by atoms with Gasteiger partial charge in [-0.1, -0.05) is 30.3 Å². The maximum absolute atomic E-state index is 13.1. The quantitative estimate of drug-likeness (QED) is 0.508. The molecule has 0 atom stereocenters. The number of rotatable bonds is 8. The van der Waals surface area contributed by atoms with Crippen molar-refractivity contribution in [3.63, 3.8) is 0 Å². The van der Waals surface area contributed by atoms with E-state index in [-0.39, 0.29) is 5.56 Å². The maximum atomic E-state index is 13.1. The van der Waals surface area contributed by atoms with Crippen LogP contribution < -0.4 is 5.56 Å². The minimum absolute atomic E-state index is 0.0164. The lowest BCUT2D eigenvalue weighted by Gasteiger charge is -2.18. The van der Waals surface area contributed by atoms with Gasteiger partial charge in [-0.2, -0.15) is 0 Å². The summed E-state index contributed by atoms with van der Waals surface area (Å²) in [7, 11) is 2.02. The number of hydrogen-bond donors (Lipinski definition) is 0. The molecule has 0 bridgehead atoms. The number of allylic oxidation sites excluding steroid dienone is 1. The molecule has 0 fully saturated rings. The van der Waals surface area contributed by atoms with Crippen LogP contribution in [0.5, 0.6) is 0 Å². The van der Waals surface area contributed by atoms with E-state index in [0.29, 0.717) is 18.1 Å². The molecule has 1 aromatic carbocycles. The smallest absolute Gasteiger partial charge is 0.255 e. The van der Waals surface area contributed by atoms with E-state index in [9.17, 15) is 4.79 Å². The molecule has 0 amide bonds. The average molecular weight is 414 g/mol. The van der Waals surface area contributed by atoms with Crippen molar-refractivity contribution in [2.75, 3.05) is 19.8 Å². The number of nitrogens with zero attached hydrogens (tertiary/aromatic N) is 3. The second-order valence-electron chi connectivity index (χ2n) is 6.81. The van der Waals surface area contributed by atoms with E-state index in [1.54, 1.807) is 22.5 Å². The molecule has 3 rings (SSSR count). The lowest BCUT2D eigenvalue weighted by molar-refractivity contribution is 0.328. The summed E-state index contributed by atoms with van der Waals surface area (Å²) in [5.41, 5.74) is 2.68. The largest absolute Gasteiger partial charge is 0.303 e. The molecule has 0 unspecified atom stereocenters. The minimum atomic E-state index is -0.0164. The molecule has 0 radical (unpaired) electrons. The van der Waals surface area contributed by atoms with E-state index >= 15 is 0 Å². The van der Waals surface area contributed by atoms with Gasteiger partial charge in [-0.15, -0.1) is 11.8 Å². The van der Waals surface area contributed by atoms with Crippen molar-refractivity contribution < 1.29 is 0 Å². The Kier molecular flexibility index (Phi) is 6.94. The van der Waals surface area contributed by atoms with E-state index < -0.39 is 0 Å². The highest BCUT2D eigenvalue weighted by Crippen LogP contribution is 2.23. The van der Waals surface area contributed by atoms with E-state index in [0.717, 1.165) is 40.0 Å². The molecule has 0 saturated carbocycles. The average Bonchev–Trinajstić information content (AvgIpc) is 2.70. The Balaban J connectivity index is 1.89. The topological polar surface area (TPSA) is 38.1 Å². The van der Waals surface area contributed by atoms with Crippen molar-refractivity contribution in [1.82, 2.24) is 14.5 Å². The van der Waals surface area contributed by atoms with Crippen molar-refractivity contribution in [2.45, 2.75) is 24.4 Å². The van der Waals surface area contributed by atoms with Gasteiger partial charge < -0.3 is 9.47 Å². The zero-order valence-corrected chi connectivity index (χ0v) is 17.8. The van der Waals surface area contributed by atoms with Crippen LogP contribution in [0, 0.1) is 0 Å². The third-order valence-electron chi connectivity index (χ3n) is 4.62. The molecular formula is C22H24ClN3OS. The van der Waals surface area contributed by atoms with Crippen molar-refractivity contribution in [2.24, 2.45) is 0 Å². The number of halogens is 1. The van der Waals surface area contributed by atoms with Gasteiger partial charge in [-0.3, -0.25) is 9.78 Å². The fraction of sp³-hybridized carbons (Fsp3) is 0.273. The number of hydrogen-bond acceptors (Lipinski definition) is 4. The van der Waals surface area contributed by atoms with Crippen molar-refractivity contribution >= 4 is 34.3 Å². The van der Waals surface area contributed by atoms with E-state index in [1.807, 2.05) is 43.6 Å². The molecule has 0 spiro atoms. The summed E-state index contributed by atoms with van der Waals surface area (Å²) in [4.78, 5) is 20.8. The summed E-state index contributed by atoms with van der Waals surface area (Å²) in [5.74, 6) is 0. The fourth-order valence-corrected chi connectivity index (χ4v) is 3.75. The van der Waals surface area contributed by atoms with Crippen LogP contribution in [-0.2, 0) is 19.5 Å². The molecule has 4 nitrogen and oxygen atoms in total. The SMILES string of the molecule is C=C(Cl)Cn1c(=O)c(CN(C)CCc2ccccn2)cc2ccc(SC)cc21. The van der Waals surface area contributed by atoms with Crippen molar-refractivity contribution in [1.29, 1.82) is 0 Å². The summed E-state index contributed by atoms with van der Waals surface area (Å²) >= 11 is 7.71. The lowest BCUT2D eigenvalue weighted by atomic mass is 10.1. The first-order valence-electron chi connectivity index (χ1n) is 9.10. The zero-order chi connectivity index (χ0) is 20.1. The first-order valence-corrected chi connectivity index (χ1v) is 10.7. The second-order valence-corrected chi connectivity index (χ2v) is 8.23. The number of benzene rings is 1. The molecule has 146 valence electrons. The van der Waals surface area contributed by atoms with Gasteiger partial charge in [0.2, 0.25) is 0 Å². The van der Waals surface area contributed by atoms with Crippen molar-refractivity contribution in [3.8, 4) is 0 Å². The molecule has 6 heteroatoms. The number of likely N-dealkylation sites (N-methyl/N-ethyl adjacent to an activating group) is 1. The van der Waals surface area contributed by atoms with Gasteiger partial charge in [0.25, 0.3) is 5.56 Å². The van der Waals surface area contributed by atoms with Gasteiger partial charge >= 0.3 is 0 Å². The Bertz CT molecular complexity index is 1030. The Labute approximate surface area is 174 Å². The van der Waals surface area contributed by atoms with Crippen LogP contribution in [0.4, 0.5) is 0 Å². The Morgan fingerprint density at radius 1 is 1.29 bits per heavy atom. The predicted molar refractivity (Wildman–Crippen MR) is 119 cm³/mol. The molecule has 0 aliphatic rings. The van der Waals surface area contributed by atoms with Gasteiger partial charge in [0, 0.05) is 46.9 Å². The summed E-state index contributed by atoms with van der Waals surface area (Å²) in [5, 5.41) is 1.47. The van der Waals surface area contributed by atoms with Gasteiger partial charge in [0.15, 0.2) is 0 Å². The maximum Gasteiger partial charge on any atom is 0.255 e. The second kappa shape index (κ2) is 9.41. The highest BCUT2D eigenvalue weighted by atomic mass is 35.5. The molecule has 0 aliphatic carbocycles. The van der Waals surface area contributed by atoms with Gasteiger partial charge in [0.05, 0.1) is 12.1 Å². The summed E-state index contributed by atoms with van der Waals surface area (Å²) in [6.07, 6.45) is 4.67. The normalized spacial score (nSPS) is 11.3. The van der Waals surface area contributed by atoms with Gasteiger partial charge in [0.1, 0.15) is 0 Å². The molecule has 3 aromatic rings. The van der Waals surface area contributed by atoms with Crippen LogP contribution >= 0.6 is 23.4 Å². The summed E-state index contributed by atoms with van der Waals surface area (Å²) in [6.45, 7) is 5.48. The number of thioether (sulfide) groups is 1. The summed E-state index contributed by atoms with van der Waals surface area (Å²) in [6, 6.07) is 14.1. The van der Waals surface area contributed by atoms with E-state index in [1.165, 1.54) is 0 Å². The van der Waals surface area contributed by atoms with Crippen LogP contribution in [-0.4, -0.2) is 34.3 Å². The van der Waals surface area contributed by atoms with E-state index in [4.69, 9.17) is 11.6 Å². The monoisotopic (exact) mass is 413 g/mol. The molecule has 0 N–H and O–H groups in total. The summed E-state index contributed by atoms with van der Waals surface area (Å²) < 4.78 is 1.73. The van der Waals surface area contributed by atoms with Crippen LogP contribution in [0.25, 0.3) is 10.9 Å². The third-order valence-corrected chi connectivity index (χ3v) is 5.47. The van der Waals surface area contributed by atoms with Crippen LogP contribution in [0.1, 0.15) is 11.3 Å². The molecule has 28 heavy (non-hydrogen) atoms. The highest BCUT2D eigenvalue weighted by molar-refractivity contribution is 7.98. The third kappa shape index (κ3) is 5.04. The Morgan fingerprint density at radius 3 is 2.79 bits per heavy atom. The van der Waals surface area contributed by atoms with Crippen LogP contribution in [0.15, 0.2) is 70.0 Å². The minimum Gasteiger partial charge on any atom is -0.303 e. The van der Waals surface area contributed by atoms with Gasteiger partial charge in [-0.25, -0.2) is 0 Å². The predicted octanol–water partition coefficient (Wildman–Crippen LogP) is 4.55. The number of fused-ring (bicyclic) bond motifs is 1. The standard InChI is InChI=1S/C22H24ClN3OS/c1-16(23)14-26-21-13-20(28-3)8-7-17(21)12-18(22(26)27)15-25(2)11-9-19-6-4-5-10-24-19/h4-8,10,12-13H,1,9,11,14-15H2,2-3H3. The van der Waals surface area contributed by atoms with Crippen molar-refractivity contribution in [3.05, 3.63) is 81.9 Å². The molecule has 2 heterocycles. The fourth-order valence-electron chi connectivity index (χ4n) is 3.20. The van der Waals surface area contributed by atoms with Crippen LogP contribution in [0.2, 0.25) is 0 Å². The van der Waals surface area contributed by atoms with Crippen LogP contribution in [0.3, 0.4) is 0 Å². The lowest BCUT2D eigenvalue weighted by Crippen LogP contribution is -2.29. The van der Waals surface area contributed by atoms with Gasteiger partial charge in [-0.05, 0) is 49.0 Å². The molecule has 2 aromatic heterocycles. The number of aromatic nitrogens is 2. The van der Waals surface area contributed by atoms with E-state index in [2.05, 4.69) is 28.6 Å². The molecule has 0 aliphatic heterocycles. The zero-order valence-electron chi connectivity index (χ0n) is 16.2. The highest BCUT2D eigenvalue weighted by Gasteiger charge is 2.12. The first kappa shape index (κ1) is 20.6. The Morgan fingerprint density at radius 2 is 2.11 bits per heavy atom.